The number of hydrogen-bond acceptors (Lipinski definition) is 0. The van der Waals surface area contributed by atoms with E-state index in [9.17, 15) is 0 Å². The van der Waals surface area contributed by atoms with Gasteiger partial charge >= 0.3 is 0 Å². The number of hydrogen-bond donors (Lipinski definition) is 0. The second-order valence-electron chi connectivity index (χ2n) is 8.97. The van der Waals surface area contributed by atoms with E-state index >= 15 is 8.78 Å². The first-order valence-electron chi connectivity index (χ1n) is 12.4. The predicted octanol–water partition coefficient (Wildman–Crippen LogP) is 9.65. The van der Waals surface area contributed by atoms with Crippen molar-refractivity contribution in [1.29, 1.82) is 0 Å². The molecule has 0 aliphatic carbocycles. The Morgan fingerprint density at radius 3 is 1.32 bits per heavy atom. The molecule has 0 saturated heterocycles. The maximum atomic E-state index is 15.1. The van der Waals surface area contributed by atoms with Gasteiger partial charge in [0.1, 0.15) is 0 Å². The van der Waals surface area contributed by atoms with Crippen LogP contribution in [0.2, 0.25) is 0 Å². The maximum absolute atomic E-state index is 15.1. The van der Waals surface area contributed by atoms with Crippen LogP contribution in [0.15, 0.2) is 84.9 Å². The lowest BCUT2D eigenvalue weighted by molar-refractivity contribution is 0.514. The molecule has 0 nitrogen and oxygen atoms in total. The zero-order valence-corrected chi connectivity index (χ0v) is 20.1. The van der Waals surface area contributed by atoms with Gasteiger partial charge in [-0.05, 0) is 52.6 Å². The molecule has 0 unspecified atom stereocenters. The highest BCUT2D eigenvalue weighted by molar-refractivity contribution is 5.74. The zero-order chi connectivity index (χ0) is 23.9. The van der Waals surface area contributed by atoms with Crippen LogP contribution < -0.4 is 0 Å². The van der Waals surface area contributed by atoms with E-state index in [-0.39, 0.29) is 5.56 Å². The molecular weight excluding hydrogens is 422 g/mol. The number of unbranched alkanes of at least 4 members (excludes halogenated alkanes) is 2. The van der Waals surface area contributed by atoms with Gasteiger partial charge in [-0.15, -0.1) is 0 Å². The van der Waals surface area contributed by atoms with Crippen LogP contribution >= 0.6 is 0 Å². The van der Waals surface area contributed by atoms with Gasteiger partial charge < -0.3 is 0 Å². The van der Waals surface area contributed by atoms with E-state index in [1.54, 1.807) is 12.1 Å². The molecule has 4 aromatic carbocycles. The van der Waals surface area contributed by atoms with Crippen LogP contribution in [0.1, 0.15) is 50.7 Å². The van der Waals surface area contributed by atoms with Crippen molar-refractivity contribution < 1.29 is 8.78 Å². The van der Waals surface area contributed by atoms with Crippen molar-refractivity contribution in [2.24, 2.45) is 0 Å². The Hall–Kier alpha value is -3.26. The Balaban J connectivity index is 1.53. The van der Waals surface area contributed by atoms with Crippen molar-refractivity contribution in [1.82, 2.24) is 0 Å². The van der Waals surface area contributed by atoms with Crippen molar-refractivity contribution in [3.63, 3.8) is 0 Å². The van der Waals surface area contributed by atoms with Crippen molar-refractivity contribution in [2.75, 3.05) is 0 Å². The van der Waals surface area contributed by atoms with Gasteiger partial charge in [-0.3, -0.25) is 0 Å². The fraction of sp³-hybridized carbons (Fsp3) is 0.250. The first-order valence-corrected chi connectivity index (χ1v) is 12.4. The molecule has 0 aliphatic rings. The molecule has 0 fully saturated rings. The molecular formula is C32H32F2. The summed E-state index contributed by atoms with van der Waals surface area (Å²) in [5, 5.41) is 0. The Bertz CT molecular complexity index is 1200. The van der Waals surface area contributed by atoms with Crippen LogP contribution in [-0.4, -0.2) is 0 Å². The van der Waals surface area contributed by atoms with Crippen LogP contribution in [0.5, 0.6) is 0 Å². The largest absolute Gasteiger partial charge is 0.203 e. The lowest BCUT2D eigenvalue weighted by Gasteiger charge is -2.11. The van der Waals surface area contributed by atoms with Gasteiger partial charge in [-0.25, -0.2) is 8.78 Å². The average Bonchev–Trinajstić information content (AvgIpc) is 2.87. The minimum Gasteiger partial charge on any atom is -0.203 e. The molecule has 0 spiro atoms. The van der Waals surface area contributed by atoms with Crippen molar-refractivity contribution in [3.05, 3.63) is 108 Å². The Morgan fingerprint density at radius 1 is 0.441 bits per heavy atom. The Kier molecular flexibility index (Phi) is 7.90. The van der Waals surface area contributed by atoms with E-state index in [4.69, 9.17) is 0 Å². The molecule has 0 radical (unpaired) electrons. The van der Waals surface area contributed by atoms with E-state index in [0.717, 1.165) is 30.4 Å². The third kappa shape index (κ3) is 5.44. The summed E-state index contributed by atoms with van der Waals surface area (Å²) in [6.07, 6.45) is 6.85. The first kappa shape index (κ1) is 23.9. The third-order valence-electron chi connectivity index (χ3n) is 6.44. The van der Waals surface area contributed by atoms with Crippen LogP contribution in [0.4, 0.5) is 8.78 Å². The van der Waals surface area contributed by atoms with E-state index in [1.165, 1.54) is 30.4 Å². The fourth-order valence-electron chi connectivity index (χ4n) is 4.42. The second-order valence-corrected chi connectivity index (χ2v) is 8.97. The number of halogens is 2. The average molecular weight is 455 g/mol. The zero-order valence-electron chi connectivity index (χ0n) is 20.1. The quantitative estimate of drug-likeness (QED) is 0.221. The van der Waals surface area contributed by atoms with Crippen LogP contribution in [-0.2, 0) is 12.8 Å². The third-order valence-corrected chi connectivity index (χ3v) is 6.44. The van der Waals surface area contributed by atoms with E-state index in [0.29, 0.717) is 16.7 Å². The summed E-state index contributed by atoms with van der Waals surface area (Å²) in [5.41, 5.74) is 6.67. The predicted molar refractivity (Wildman–Crippen MR) is 140 cm³/mol. The van der Waals surface area contributed by atoms with E-state index in [1.807, 2.05) is 48.5 Å². The summed E-state index contributed by atoms with van der Waals surface area (Å²) >= 11 is 0. The topological polar surface area (TPSA) is 0 Å². The highest BCUT2D eigenvalue weighted by atomic mass is 19.2. The molecule has 4 rings (SSSR count). The molecule has 0 atom stereocenters. The van der Waals surface area contributed by atoms with Crippen LogP contribution in [0.25, 0.3) is 33.4 Å². The summed E-state index contributed by atoms with van der Waals surface area (Å²) in [6, 6.07) is 27.4. The first-order chi connectivity index (χ1) is 16.6. The number of benzene rings is 4. The standard InChI is InChI=1S/C32H32F2/c1-3-5-6-8-24-9-13-25(14-10-24)26-17-19-28(20-18-26)30-22-21-29(31(33)32(30)34)27-15-11-23(7-4-2)12-16-27/h9-22H,3-8H2,1-2H3. The van der Waals surface area contributed by atoms with Gasteiger partial charge in [-0.1, -0.05) is 118 Å². The normalized spacial score (nSPS) is 11.1. The van der Waals surface area contributed by atoms with Crippen molar-refractivity contribution in [2.45, 2.75) is 52.4 Å². The fourth-order valence-corrected chi connectivity index (χ4v) is 4.42. The summed E-state index contributed by atoms with van der Waals surface area (Å²) < 4.78 is 30.1. The molecule has 0 amide bonds. The second kappa shape index (κ2) is 11.2. The lowest BCUT2D eigenvalue weighted by Crippen LogP contribution is -1.94. The summed E-state index contributed by atoms with van der Waals surface area (Å²) in [6.45, 7) is 4.34. The van der Waals surface area contributed by atoms with E-state index in [2.05, 4.69) is 38.1 Å². The summed E-state index contributed by atoms with van der Waals surface area (Å²) in [7, 11) is 0. The SMILES string of the molecule is CCCCCc1ccc(-c2ccc(-c3ccc(-c4ccc(CCC)cc4)c(F)c3F)cc2)cc1. The summed E-state index contributed by atoms with van der Waals surface area (Å²) in [5.74, 6) is -1.61. The summed E-state index contributed by atoms with van der Waals surface area (Å²) in [4.78, 5) is 0. The molecule has 4 aromatic rings. The molecule has 0 saturated carbocycles. The molecule has 0 aliphatic heterocycles. The minimum absolute atomic E-state index is 0.279. The van der Waals surface area contributed by atoms with Gasteiger partial charge in [0.15, 0.2) is 11.6 Å². The molecule has 34 heavy (non-hydrogen) atoms. The molecule has 0 aromatic heterocycles. The van der Waals surface area contributed by atoms with Gasteiger partial charge in [0.05, 0.1) is 0 Å². The van der Waals surface area contributed by atoms with Crippen LogP contribution in [0.3, 0.4) is 0 Å². The minimum atomic E-state index is -0.806. The highest BCUT2D eigenvalue weighted by Crippen LogP contribution is 2.33. The Morgan fingerprint density at radius 2 is 0.853 bits per heavy atom. The molecule has 174 valence electrons. The monoisotopic (exact) mass is 454 g/mol. The molecule has 2 heteroatoms. The molecule has 0 heterocycles. The number of rotatable bonds is 9. The molecule has 0 N–H and O–H groups in total. The lowest BCUT2D eigenvalue weighted by atomic mass is 9.96. The Labute approximate surface area is 202 Å². The smallest absolute Gasteiger partial charge is 0.167 e. The molecule has 0 bridgehead atoms. The maximum Gasteiger partial charge on any atom is 0.167 e. The van der Waals surface area contributed by atoms with Crippen LogP contribution in [0, 0.1) is 11.6 Å². The highest BCUT2D eigenvalue weighted by Gasteiger charge is 2.16. The number of aryl methyl sites for hydroxylation is 2. The van der Waals surface area contributed by atoms with Crippen molar-refractivity contribution >= 4 is 0 Å². The van der Waals surface area contributed by atoms with Gasteiger partial charge in [0.25, 0.3) is 0 Å². The van der Waals surface area contributed by atoms with Gasteiger partial charge in [0, 0.05) is 11.1 Å². The van der Waals surface area contributed by atoms with E-state index < -0.39 is 11.6 Å². The van der Waals surface area contributed by atoms with Gasteiger partial charge in [-0.2, -0.15) is 0 Å². The van der Waals surface area contributed by atoms with Gasteiger partial charge in [0.2, 0.25) is 0 Å². The van der Waals surface area contributed by atoms with Crippen molar-refractivity contribution in [3.8, 4) is 33.4 Å².